The summed E-state index contributed by atoms with van der Waals surface area (Å²) in [5, 5.41) is 9.07. The molecule has 4 nitrogen and oxygen atoms in total. The van der Waals surface area contributed by atoms with Gasteiger partial charge in [-0.1, -0.05) is 17.7 Å². The molecule has 0 radical (unpaired) electrons. The number of hydrogen-bond donors (Lipinski definition) is 1. The highest BCUT2D eigenvalue weighted by Gasteiger charge is 2.25. The van der Waals surface area contributed by atoms with E-state index in [0.717, 1.165) is 4.91 Å². The highest BCUT2D eigenvalue weighted by molar-refractivity contribution is 8.08. The Hall–Kier alpha value is -0.980. The van der Waals surface area contributed by atoms with E-state index in [1.807, 2.05) is 0 Å². The van der Waals surface area contributed by atoms with Crippen LogP contribution in [-0.2, 0) is 14.6 Å². The van der Waals surface area contributed by atoms with Gasteiger partial charge in [0, 0.05) is 21.2 Å². The molecule has 0 saturated carbocycles. The van der Waals surface area contributed by atoms with Crippen LogP contribution in [0.3, 0.4) is 0 Å². The molecular weight excluding hydrogens is 308 g/mol. The quantitative estimate of drug-likeness (QED) is 0.924. The first-order valence-corrected chi connectivity index (χ1v) is 8.49. The number of carboxylic acid groups (broad SMARTS) is 1. The van der Waals surface area contributed by atoms with E-state index in [-0.39, 0.29) is 17.1 Å². The van der Waals surface area contributed by atoms with E-state index in [1.165, 1.54) is 17.8 Å². The van der Waals surface area contributed by atoms with Gasteiger partial charge in [-0.15, -0.1) is 11.8 Å². The number of benzene rings is 1. The molecule has 0 saturated heterocycles. The van der Waals surface area contributed by atoms with E-state index in [9.17, 15) is 13.2 Å². The SMILES string of the molecule is O=C(O)CCSC1=CCS(=O)(=O)c2ccc(Cl)cc21. The summed E-state index contributed by atoms with van der Waals surface area (Å²) in [5.41, 5.74) is 0.564. The number of sulfone groups is 1. The number of carboxylic acids is 1. The molecule has 0 unspecified atom stereocenters. The Bertz CT molecular complexity index is 650. The van der Waals surface area contributed by atoms with Crippen LogP contribution in [0.1, 0.15) is 12.0 Å². The van der Waals surface area contributed by atoms with Crippen LogP contribution >= 0.6 is 23.4 Å². The Morgan fingerprint density at radius 2 is 2.16 bits per heavy atom. The number of fused-ring (bicyclic) bond motifs is 1. The molecule has 0 fully saturated rings. The minimum absolute atomic E-state index is 0.0324. The van der Waals surface area contributed by atoms with E-state index < -0.39 is 15.8 Å². The summed E-state index contributed by atoms with van der Waals surface area (Å²) in [5.74, 6) is -0.535. The average molecular weight is 319 g/mol. The zero-order chi connectivity index (χ0) is 14.0. The number of aliphatic carboxylic acids is 1. The van der Waals surface area contributed by atoms with Crippen LogP contribution in [0.5, 0.6) is 0 Å². The molecule has 1 aromatic rings. The molecule has 1 aromatic carbocycles. The van der Waals surface area contributed by atoms with Crippen LogP contribution in [0.15, 0.2) is 29.2 Å². The highest BCUT2D eigenvalue weighted by atomic mass is 35.5. The van der Waals surface area contributed by atoms with Gasteiger partial charge in [-0.2, -0.15) is 0 Å². The van der Waals surface area contributed by atoms with Gasteiger partial charge in [0.05, 0.1) is 17.1 Å². The van der Waals surface area contributed by atoms with Crippen molar-refractivity contribution < 1.29 is 18.3 Å². The molecule has 1 N–H and O–H groups in total. The van der Waals surface area contributed by atoms with Gasteiger partial charge in [0.2, 0.25) is 0 Å². The molecule has 1 heterocycles. The van der Waals surface area contributed by atoms with Crippen molar-refractivity contribution in [3.05, 3.63) is 34.9 Å². The summed E-state index contributed by atoms with van der Waals surface area (Å²) in [7, 11) is -3.30. The molecule has 7 heteroatoms. The second-order valence-corrected chi connectivity index (χ2v) is 7.56. The lowest BCUT2D eigenvalue weighted by Crippen LogP contribution is -2.12. The monoisotopic (exact) mass is 318 g/mol. The molecule has 2 rings (SSSR count). The zero-order valence-corrected chi connectivity index (χ0v) is 12.2. The molecule has 0 atom stereocenters. The van der Waals surface area contributed by atoms with Gasteiger partial charge in [-0.25, -0.2) is 8.42 Å². The van der Waals surface area contributed by atoms with Crippen LogP contribution < -0.4 is 0 Å². The van der Waals surface area contributed by atoms with Gasteiger partial charge in [-0.3, -0.25) is 4.79 Å². The fourth-order valence-electron chi connectivity index (χ4n) is 1.74. The van der Waals surface area contributed by atoms with Crippen molar-refractivity contribution in [3.63, 3.8) is 0 Å². The third-order valence-corrected chi connectivity index (χ3v) is 5.58. The van der Waals surface area contributed by atoms with Crippen LogP contribution in [0, 0.1) is 0 Å². The summed E-state index contributed by atoms with van der Waals surface area (Å²) in [6.07, 6.45) is 1.64. The summed E-state index contributed by atoms with van der Waals surface area (Å²) >= 11 is 7.23. The normalized spacial score (nSPS) is 16.6. The minimum Gasteiger partial charge on any atom is -0.481 e. The lowest BCUT2D eigenvalue weighted by molar-refractivity contribution is -0.136. The van der Waals surface area contributed by atoms with E-state index in [2.05, 4.69) is 0 Å². The largest absolute Gasteiger partial charge is 0.481 e. The number of halogens is 1. The fourth-order valence-corrected chi connectivity index (χ4v) is 4.45. The van der Waals surface area contributed by atoms with Crippen molar-refractivity contribution in [2.75, 3.05) is 11.5 Å². The Balaban J connectivity index is 2.31. The van der Waals surface area contributed by atoms with Crippen molar-refractivity contribution in [2.24, 2.45) is 0 Å². The number of carbonyl (C=O) groups is 1. The third kappa shape index (κ3) is 3.32. The summed E-state index contributed by atoms with van der Waals surface area (Å²) in [6, 6.07) is 4.65. The van der Waals surface area contributed by atoms with Gasteiger partial charge in [-0.05, 0) is 18.2 Å². The van der Waals surface area contributed by atoms with Crippen molar-refractivity contribution in [1.82, 2.24) is 0 Å². The molecule has 0 aliphatic carbocycles. The van der Waals surface area contributed by atoms with Crippen LogP contribution in [-0.4, -0.2) is 31.0 Å². The number of hydrogen-bond acceptors (Lipinski definition) is 4. The van der Waals surface area contributed by atoms with Crippen molar-refractivity contribution >= 4 is 44.1 Å². The van der Waals surface area contributed by atoms with Crippen molar-refractivity contribution in [2.45, 2.75) is 11.3 Å². The van der Waals surface area contributed by atoms with Gasteiger partial charge in [0.1, 0.15) is 0 Å². The highest BCUT2D eigenvalue weighted by Crippen LogP contribution is 2.38. The fraction of sp³-hybridized carbons (Fsp3) is 0.250. The standard InChI is InChI=1S/C12H11ClO4S2/c13-8-1-2-11-9(7-8)10(4-6-19(11,16)17)18-5-3-12(14)15/h1-2,4,7H,3,5-6H2,(H,14,15). The van der Waals surface area contributed by atoms with Crippen LogP contribution in [0.4, 0.5) is 0 Å². The topological polar surface area (TPSA) is 71.4 Å². The number of rotatable bonds is 4. The Morgan fingerprint density at radius 3 is 2.84 bits per heavy atom. The molecule has 0 aromatic heterocycles. The van der Waals surface area contributed by atoms with E-state index >= 15 is 0 Å². The first-order valence-electron chi connectivity index (χ1n) is 5.47. The first-order chi connectivity index (χ1) is 8.90. The van der Waals surface area contributed by atoms with Crippen molar-refractivity contribution in [3.8, 4) is 0 Å². The van der Waals surface area contributed by atoms with E-state index in [0.29, 0.717) is 16.3 Å². The van der Waals surface area contributed by atoms with Crippen LogP contribution in [0.2, 0.25) is 5.02 Å². The molecule has 0 amide bonds. The molecule has 1 aliphatic rings. The first kappa shape index (κ1) is 14.4. The predicted octanol–water partition coefficient (Wildman–Crippen LogP) is 2.68. The molecule has 102 valence electrons. The molecule has 1 aliphatic heterocycles. The molecule has 19 heavy (non-hydrogen) atoms. The second-order valence-electron chi connectivity index (χ2n) is 3.98. The average Bonchev–Trinajstić information content (AvgIpc) is 2.31. The Morgan fingerprint density at radius 1 is 1.42 bits per heavy atom. The zero-order valence-electron chi connectivity index (χ0n) is 9.80. The Labute approximate surface area is 120 Å². The van der Waals surface area contributed by atoms with Gasteiger partial charge in [0.15, 0.2) is 9.84 Å². The van der Waals surface area contributed by atoms with Gasteiger partial charge < -0.3 is 5.11 Å². The third-order valence-electron chi connectivity index (χ3n) is 2.60. The summed E-state index contributed by atoms with van der Waals surface area (Å²) in [6.45, 7) is 0. The van der Waals surface area contributed by atoms with Crippen LogP contribution in [0.25, 0.3) is 4.91 Å². The lowest BCUT2D eigenvalue weighted by Gasteiger charge is -2.17. The summed E-state index contributed by atoms with van der Waals surface area (Å²) < 4.78 is 23.8. The van der Waals surface area contributed by atoms with Gasteiger partial charge in [0.25, 0.3) is 0 Å². The number of thioether (sulfide) groups is 1. The van der Waals surface area contributed by atoms with E-state index in [4.69, 9.17) is 16.7 Å². The van der Waals surface area contributed by atoms with Crippen molar-refractivity contribution in [1.29, 1.82) is 0 Å². The molecule has 0 spiro atoms. The molecular formula is C12H11ClO4S2. The smallest absolute Gasteiger partial charge is 0.304 e. The lowest BCUT2D eigenvalue weighted by atomic mass is 10.2. The maximum atomic E-state index is 11.9. The predicted molar refractivity (Wildman–Crippen MR) is 76.2 cm³/mol. The van der Waals surface area contributed by atoms with E-state index in [1.54, 1.807) is 18.2 Å². The maximum absolute atomic E-state index is 11.9. The minimum atomic E-state index is -3.30. The Kier molecular flexibility index (Phi) is 4.23. The second kappa shape index (κ2) is 5.56. The van der Waals surface area contributed by atoms with Gasteiger partial charge >= 0.3 is 5.97 Å². The molecule has 0 bridgehead atoms. The summed E-state index contributed by atoms with van der Waals surface area (Å²) in [4.78, 5) is 11.5. The maximum Gasteiger partial charge on any atom is 0.304 e.